The lowest BCUT2D eigenvalue weighted by Crippen LogP contribution is -2.69. The van der Waals surface area contributed by atoms with Gasteiger partial charge in [0.2, 0.25) is 0 Å². The predicted octanol–water partition coefficient (Wildman–Crippen LogP) is 1.43. The van der Waals surface area contributed by atoms with Gasteiger partial charge < -0.3 is 59.1 Å². The van der Waals surface area contributed by atoms with E-state index in [-0.39, 0.29) is 18.3 Å². The van der Waals surface area contributed by atoms with E-state index < -0.39 is 135 Å². The van der Waals surface area contributed by atoms with Crippen molar-refractivity contribution < 1.29 is 81.0 Å². The van der Waals surface area contributed by atoms with Crippen LogP contribution in [0.25, 0.3) is 0 Å². The Bertz CT molecular complexity index is 1820. The number of fused-ring (bicyclic) bond motifs is 4. The molecule has 59 heavy (non-hydrogen) atoms. The van der Waals surface area contributed by atoms with Crippen molar-refractivity contribution in [3.63, 3.8) is 0 Å². The highest BCUT2D eigenvalue weighted by atomic mass is 32.3. The Morgan fingerprint density at radius 1 is 0.814 bits per heavy atom. The molecule has 0 aromatic rings. The minimum atomic E-state index is -5.04. The van der Waals surface area contributed by atoms with Crippen LogP contribution in [-0.2, 0) is 47.8 Å². The number of carbonyl (C=O) groups excluding carboxylic acids is 1. The summed E-state index contributed by atoms with van der Waals surface area (Å²) in [6, 6.07) is 0. The molecule has 0 aromatic carbocycles. The Labute approximate surface area is 345 Å². The number of aliphatic hydroxyl groups excluding tert-OH is 5. The summed E-state index contributed by atoms with van der Waals surface area (Å²) in [4.78, 5) is 14.5. The zero-order valence-corrected chi connectivity index (χ0v) is 36.0. The third kappa shape index (κ3) is 6.16. The van der Waals surface area contributed by atoms with Gasteiger partial charge in [0.15, 0.2) is 18.2 Å². The van der Waals surface area contributed by atoms with Crippen LogP contribution < -0.4 is 0 Å². The third-order valence-corrected chi connectivity index (χ3v) is 17.4. The molecule has 19 atom stereocenters. The molecule has 7 fully saturated rings. The Morgan fingerprint density at radius 3 is 2.15 bits per heavy atom. The van der Waals surface area contributed by atoms with Crippen molar-refractivity contribution in [1.29, 1.82) is 0 Å². The first-order valence-corrected chi connectivity index (χ1v) is 22.5. The second-order valence-electron chi connectivity index (χ2n) is 20.7. The van der Waals surface area contributed by atoms with E-state index in [2.05, 4.69) is 25.0 Å². The maximum absolute atomic E-state index is 14.5. The Hall–Kier alpha value is -1.36. The van der Waals surface area contributed by atoms with Crippen LogP contribution in [0, 0.1) is 33.5 Å². The molecule has 7 N–H and O–H groups in total. The fourth-order valence-corrected chi connectivity index (χ4v) is 14.2. The van der Waals surface area contributed by atoms with Gasteiger partial charge in [-0.1, -0.05) is 39.3 Å². The van der Waals surface area contributed by atoms with Gasteiger partial charge in [0, 0.05) is 0 Å². The first-order valence-electron chi connectivity index (χ1n) is 21.2. The van der Waals surface area contributed by atoms with Crippen LogP contribution in [0.15, 0.2) is 11.6 Å². The van der Waals surface area contributed by atoms with Crippen LogP contribution in [0.5, 0.6) is 0 Å². The normalized spacial score (nSPS) is 54.1. The van der Waals surface area contributed by atoms with E-state index in [1.165, 1.54) is 6.92 Å². The topological polar surface area (TPSA) is 257 Å². The SMILES string of the molecule is CC1O[C@@H](OC2C(O)[C@H](OS(=O)(=O)O)CO[C@H]2O[C@H]2CC[C@]3(C)C4=CC(O)C56C(=O)O[C@@](C)([C@@H]7CCC(C)(C)O7)[C@@]5(O)CC[C@@]6(C)[C@@H]4CCC3C2(C)C)C(O)C(O)[C@@H]1O. The molecule has 0 bridgehead atoms. The Balaban J connectivity index is 1.07. The summed E-state index contributed by atoms with van der Waals surface area (Å²) in [7, 11) is -5.04. The van der Waals surface area contributed by atoms with Crippen LogP contribution in [0.3, 0.4) is 0 Å². The lowest BCUT2D eigenvalue weighted by Gasteiger charge is -2.64. The van der Waals surface area contributed by atoms with Crippen LogP contribution in [-0.4, -0.2) is 147 Å². The van der Waals surface area contributed by atoms with Crippen molar-refractivity contribution in [2.75, 3.05) is 6.61 Å². The molecule has 0 amide bonds. The number of ether oxygens (including phenoxy) is 6. The molecule has 8 rings (SSSR count). The molecule has 0 radical (unpaired) electrons. The molecule has 4 aliphatic carbocycles. The van der Waals surface area contributed by atoms with E-state index in [0.717, 1.165) is 18.4 Å². The van der Waals surface area contributed by atoms with Crippen molar-refractivity contribution in [2.24, 2.45) is 33.5 Å². The minimum Gasteiger partial charge on any atom is -0.453 e. The highest BCUT2D eigenvalue weighted by Gasteiger charge is 2.87. The van der Waals surface area contributed by atoms with Gasteiger partial charge in [0.05, 0.1) is 30.5 Å². The summed E-state index contributed by atoms with van der Waals surface area (Å²) >= 11 is 0. The highest BCUT2D eigenvalue weighted by Crippen LogP contribution is 2.77. The molecule has 17 nitrogen and oxygen atoms in total. The summed E-state index contributed by atoms with van der Waals surface area (Å²) in [6.07, 6.45) is -9.75. The fraction of sp³-hybridized carbons (Fsp3) is 0.927. The molecule has 18 heteroatoms. The number of allylic oxidation sites excluding steroid dienone is 1. The molecular formula is C41H64O17S. The van der Waals surface area contributed by atoms with E-state index in [0.29, 0.717) is 32.1 Å². The van der Waals surface area contributed by atoms with E-state index in [4.69, 9.17) is 28.4 Å². The van der Waals surface area contributed by atoms with E-state index in [1.807, 2.05) is 26.8 Å². The first-order chi connectivity index (χ1) is 27.2. The highest BCUT2D eigenvalue weighted by molar-refractivity contribution is 7.80. The van der Waals surface area contributed by atoms with Gasteiger partial charge in [0.1, 0.15) is 53.7 Å². The summed E-state index contributed by atoms with van der Waals surface area (Å²) < 4.78 is 74.3. The lowest BCUT2D eigenvalue weighted by atomic mass is 9.40. The fourth-order valence-electron chi connectivity index (χ4n) is 13.7. The lowest BCUT2D eigenvalue weighted by molar-refractivity contribution is -0.362. The van der Waals surface area contributed by atoms with E-state index in [1.54, 1.807) is 6.92 Å². The number of aliphatic hydroxyl groups is 6. The number of esters is 1. The number of hydrogen-bond acceptors (Lipinski definition) is 16. The molecule has 8 unspecified atom stereocenters. The van der Waals surface area contributed by atoms with Gasteiger partial charge in [-0.3, -0.25) is 9.35 Å². The van der Waals surface area contributed by atoms with Crippen molar-refractivity contribution in [1.82, 2.24) is 0 Å². The van der Waals surface area contributed by atoms with E-state index in [9.17, 15) is 48.4 Å². The maximum atomic E-state index is 14.5. The van der Waals surface area contributed by atoms with Crippen LogP contribution in [0.2, 0.25) is 0 Å². The molecule has 0 aromatic heterocycles. The summed E-state index contributed by atoms with van der Waals surface area (Å²) in [6.45, 7) is 15.1. The van der Waals surface area contributed by atoms with Crippen LogP contribution >= 0.6 is 0 Å². The zero-order valence-electron chi connectivity index (χ0n) is 35.1. The molecular weight excluding hydrogens is 797 g/mol. The second kappa shape index (κ2) is 14.1. The smallest absolute Gasteiger partial charge is 0.397 e. The third-order valence-electron chi connectivity index (χ3n) is 16.9. The van der Waals surface area contributed by atoms with Crippen LogP contribution in [0.4, 0.5) is 0 Å². The Kier molecular flexibility index (Phi) is 10.6. The van der Waals surface area contributed by atoms with Crippen molar-refractivity contribution in [2.45, 2.75) is 197 Å². The van der Waals surface area contributed by atoms with Gasteiger partial charge in [-0.15, -0.1) is 0 Å². The summed E-state index contributed by atoms with van der Waals surface area (Å²) in [5, 5.41) is 68.2. The number of rotatable bonds is 7. The second-order valence-corrected chi connectivity index (χ2v) is 21.7. The van der Waals surface area contributed by atoms with Gasteiger partial charge in [0.25, 0.3) is 0 Å². The molecule has 1 spiro atoms. The molecule has 4 aliphatic heterocycles. The number of cyclic esters (lactones) is 1. The zero-order chi connectivity index (χ0) is 43.3. The molecule has 4 saturated heterocycles. The summed E-state index contributed by atoms with van der Waals surface area (Å²) in [5.41, 5.74) is -5.89. The molecule has 8 aliphatic rings. The predicted molar refractivity (Wildman–Crippen MR) is 203 cm³/mol. The number of hydrogen-bond donors (Lipinski definition) is 7. The van der Waals surface area contributed by atoms with Crippen molar-refractivity contribution in [3.8, 4) is 0 Å². The van der Waals surface area contributed by atoms with Gasteiger partial charge in [-0.25, -0.2) is 4.18 Å². The molecule has 336 valence electrons. The molecule has 3 saturated carbocycles. The maximum Gasteiger partial charge on any atom is 0.397 e. The van der Waals surface area contributed by atoms with Crippen molar-refractivity contribution in [3.05, 3.63) is 11.6 Å². The Morgan fingerprint density at radius 2 is 1.51 bits per heavy atom. The minimum absolute atomic E-state index is 0.0271. The molecule has 4 heterocycles. The van der Waals surface area contributed by atoms with Crippen LogP contribution in [0.1, 0.15) is 107 Å². The van der Waals surface area contributed by atoms with E-state index >= 15 is 0 Å². The monoisotopic (exact) mass is 860 g/mol. The standard InChI is InChI=1S/C41H64O17S/c1-19-27(43)29(45)30(46)32(53-19)55-31-28(44)22(58-59(49,50)51)18-52-33(31)54-25-12-14-37(6)21-17-24(42)41-34(47)57-39(8,26-11-13-35(2,3)56-26)40(41,48)16-15-38(41,7)20(21)9-10-23(37)36(25,4)5/h17,19-20,22-33,42-46,48H,9-16,18H2,1-8H3,(H,49,50,51)/t19?,20-,22-,23?,24?,25+,26+,27-,28?,29?,30?,31?,32+,33+,37-,38+,39+,40+,41?/m1/s1. The summed E-state index contributed by atoms with van der Waals surface area (Å²) in [5.74, 6) is -0.746. The van der Waals surface area contributed by atoms with Gasteiger partial charge >= 0.3 is 16.4 Å². The van der Waals surface area contributed by atoms with Gasteiger partial charge in [-0.05, 0) is 107 Å². The van der Waals surface area contributed by atoms with Gasteiger partial charge in [-0.2, -0.15) is 8.42 Å². The first kappa shape index (κ1) is 44.3. The average molecular weight is 861 g/mol. The quantitative estimate of drug-likeness (QED) is 0.0827. The largest absolute Gasteiger partial charge is 0.453 e. The van der Waals surface area contributed by atoms with Crippen molar-refractivity contribution >= 4 is 16.4 Å². The average Bonchev–Trinajstić information content (AvgIpc) is 3.70. The number of carbonyl (C=O) groups is 1.